The van der Waals surface area contributed by atoms with Crippen LogP contribution < -0.4 is 4.74 Å². The summed E-state index contributed by atoms with van der Waals surface area (Å²) in [5.74, 6) is 1.49. The molecule has 0 fully saturated rings. The highest BCUT2D eigenvalue weighted by molar-refractivity contribution is 5.36. The van der Waals surface area contributed by atoms with Crippen molar-refractivity contribution in [3.63, 3.8) is 0 Å². The highest BCUT2D eigenvalue weighted by Crippen LogP contribution is 2.34. The summed E-state index contributed by atoms with van der Waals surface area (Å²) in [6, 6.07) is 22.3. The Morgan fingerprint density at radius 3 is 2.57 bits per heavy atom. The average molecular weight is 375 g/mol. The van der Waals surface area contributed by atoms with E-state index in [2.05, 4.69) is 84.1 Å². The van der Waals surface area contributed by atoms with Gasteiger partial charge in [-0.15, -0.1) is 0 Å². The lowest BCUT2D eigenvalue weighted by Gasteiger charge is -2.31. The fraction of sp³-hybridized carbons (Fsp3) is 0.360. The first kappa shape index (κ1) is 18.8. The molecule has 1 aliphatic heterocycles. The average Bonchev–Trinajstić information content (AvgIpc) is 3.10. The molecule has 0 saturated heterocycles. The third-order valence-corrected chi connectivity index (χ3v) is 5.80. The van der Waals surface area contributed by atoms with Gasteiger partial charge in [-0.05, 0) is 53.3 Å². The normalized spacial score (nSPS) is 17.4. The van der Waals surface area contributed by atoms with Crippen molar-refractivity contribution in [2.75, 3.05) is 13.7 Å². The van der Waals surface area contributed by atoms with Crippen LogP contribution in [-0.2, 0) is 13.1 Å². The van der Waals surface area contributed by atoms with Crippen LogP contribution in [0.5, 0.6) is 5.75 Å². The highest BCUT2D eigenvalue weighted by atomic mass is 16.5. The molecule has 3 nitrogen and oxygen atoms in total. The van der Waals surface area contributed by atoms with Gasteiger partial charge in [-0.2, -0.15) is 0 Å². The molecular formula is C25H30N2O. The summed E-state index contributed by atoms with van der Waals surface area (Å²) in [6.45, 7) is 7.60. The van der Waals surface area contributed by atoms with Crippen LogP contribution in [0.2, 0.25) is 0 Å². The summed E-state index contributed by atoms with van der Waals surface area (Å²) < 4.78 is 7.92. The Kier molecular flexibility index (Phi) is 5.54. The summed E-state index contributed by atoms with van der Waals surface area (Å²) in [6.07, 6.45) is 3.37. The molecule has 0 saturated carbocycles. The van der Waals surface area contributed by atoms with E-state index in [0.29, 0.717) is 5.92 Å². The van der Waals surface area contributed by atoms with Crippen molar-refractivity contribution in [2.45, 2.75) is 45.3 Å². The van der Waals surface area contributed by atoms with Gasteiger partial charge in [-0.1, -0.05) is 50.2 Å². The number of ether oxygens (including phenoxy) is 1. The van der Waals surface area contributed by atoms with Crippen molar-refractivity contribution in [1.82, 2.24) is 9.47 Å². The number of hydrogen-bond acceptors (Lipinski definition) is 2. The zero-order valence-electron chi connectivity index (χ0n) is 17.1. The molecule has 0 bridgehead atoms. The largest absolute Gasteiger partial charge is 0.497 e. The van der Waals surface area contributed by atoms with Crippen LogP contribution in [0.15, 0.2) is 66.9 Å². The van der Waals surface area contributed by atoms with E-state index in [9.17, 15) is 0 Å². The molecule has 0 radical (unpaired) electrons. The monoisotopic (exact) mass is 374 g/mol. The van der Waals surface area contributed by atoms with Gasteiger partial charge in [0.05, 0.1) is 13.2 Å². The highest BCUT2D eigenvalue weighted by Gasteiger charge is 2.27. The first-order valence-corrected chi connectivity index (χ1v) is 10.3. The molecule has 0 aliphatic carbocycles. The van der Waals surface area contributed by atoms with Gasteiger partial charge in [0.1, 0.15) is 5.75 Å². The molecule has 28 heavy (non-hydrogen) atoms. The molecule has 1 aliphatic rings. The van der Waals surface area contributed by atoms with Crippen molar-refractivity contribution in [2.24, 2.45) is 0 Å². The smallest absolute Gasteiger partial charge is 0.119 e. The van der Waals surface area contributed by atoms with Crippen LogP contribution in [0.4, 0.5) is 0 Å². The SMILES string of the molecule is COc1cccc([C@H]2c3cccn3CCCN2Cc2ccc(C(C)C)cc2)c1. The molecule has 3 heteroatoms. The second kappa shape index (κ2) is 8.24. The van der Waals surface area contributed by atoms with E-state index in [1.165, 1.54) is 22.4 Å². The van der Waals surface area contributed by atoms with Crippen molar-refractivity contribution in [3.05, 3.63) is 89.2 Å². The third kappa shape index (κ3) is 3.85. The van der Waals surface area contributed by atoms with E-state index < -0.39 is 0 Å². The van der Waals surface area contributed by atoms with E-state index in [4.69, 9.17) is 4.74 Å². The first-order valence-electron chi connectivity index (χ1n) is 10.3. The van der Waals surface area contributed by atoms with Crippen LogP contribution >= 0.6 is 0 Å². The van der Waals surface area contributed by atoms with Crippen molar-refractivity contribution in [1.29, 1.82) is 0 Å². The Labute approximate surface area is 168 Å². The summed E-state index contributed by atoms with van der Waals surface area (Å²) in [5.41, 5.74) is 5.43. The van der Waals surface area contributed by atoms with Crippen molar-refractivity contribution in [3.8, 4) is 5.75 Å². The fourth-order valence-electron chi connectivity index (χ4n) is 4.25. The van der Waals surface area contributed by atoms with Gasteiger partial charge in [-0.3, -0.25) is 4.90 Å². The van der Waals surface area contributed by atoms with Gasteiger partial charge < -0.3 is 9.30 Å². The van der Waals surface area contributed by atoms with Crippen molar-refractivity contribution < 1.29 is 4.74 Å². The minimum absolute atomic E-state index is 0.234. The maximum Gasteiger partial charge on any atom is 0.119 e. The number of nitrogens with zero attached hydrogens (tertiary/aromatic N) is 2. The molecule has 0 spiro atoms. The minimum atomic E-state index is 0.234. The van der Waals surface area contributed by atoms with Gasteiger partial charge in [-0.25, -0.2) is 0 Å². The van der Waals surface area contributed by atoms with E-state index in [0.717, 1.165) is 31.8 Å². The second-order valence-corrected chi connectivity index (χ2v) is 8.03. The molecule has 4 rings (SSSR count). The molecule has 0 N–H and O–H groups in total. The zero-order chi connectivity index (χ0) is 19.5. The molecule has 0 amide bonds. The predicted octanol–water partition coefficient (Wildman–Crippen LogP) is 5.62. The van der Waals surface area contributed by atoms with Gasteiger partial charge in [0, 0.05) is 31.5 Å². The Hall–Kier alpha value is -2.52. The Morgan fingerprint density at radius 2 is 1.82 bits per heavy atom. The lowest BCUT2D eigenvalue weighted by molar-refractivity contribution is 0.220. The topological polar surface area (TPSA) is 17.4 Å². The minimum Gasteiger partial charge on any atom is -0.497 e. The van der Waals surface area contributed by atoms with Crippen LogP contribution in [0.25, 0.3) is 0 Å². The Morgan fingerprint density at radius 1 is 1.00 bits per heavy atom. The predicted molar refractivity (Wildman–Crippen MR) is 115 cm³/mol. The maximum absolute atomic E-state index is 5.51. The molecule has 0 unspecified atom stereocenters. The standard InChI is InChI=1S/C25H30N2O/c1-19(2)21-12-10-20(11-13-21)18-27-16-6-15-26-14-5-9-24(26)25(27)22-7-4-8-23(17-22)28-3/h4-5,7-14,17,19,25H,6,15-16,18H2,1-3H3/t25-/m0/s1. The van der Waals surface area contributed by atoms with E-state index in [1.54, 1.807) is 7.11 Å². The number of aryl methyl sites for hydroxylation is 1. The molecule has 1 atom stereocenters. The van der Waals surface area contributed by atoms with Crippen LogP contribution in [0.1, 0.15) is 54.6 Å². The van der Waals surface area contributed by atoms with Crippen LogP contribution in [-0.4, -0.2) is 23.1 Å². The molecule has 1 aromatic heterocycles. The second-order valence-electron chi connectivity index (χ2n) is 8.03. The number of rotatable bonds is 5. The van der Waals surface area contributed by atoms with E-state index in [-0.39, 0.29) is 6.04 Å². The summed E-state index contributed by atoms with van der Waals surface area (Å²) in [4.78, 5) is 2.61. The lowest BCUT2D eigenvalue weighted by Crippen LogP contribution is -2.29. The molecular weight excluding hydrogens is 344 g/mol. The zero-order valence-corrected chi connectivity index (χ0v) is 17.1. The summed E-state index contributed by atoms with van der Waals surface area (Å²) >= 11 is 0. The summed E-state index contributed by atoms with van der Waals surface area (Å²) in [7, 11) is 1.74. The Balaban J connectivity index is 1.69. The number of fused-ring (bicyclic) bond motifs is 1. The van der Waals surface area contributed by atoms with E-state index in [1.807, 2.05) is 6.07 Å². The van der Waals surface area contributed by atoms with Crippen LogP contribution in [0.3, 0.4) is 0 Å². The number of methoxy groups -OCH3 is 1. The third-order valence-electron chi connectivity index (χ3n) is 5.80. The number of hydrogen-bond donors (Lipinski definition) is 0. The van der Waals surface area contributed by atoms with Crippen LogP contribution in [0, 0.1) is 0 Å². The molecule has 146 valence electrons. The number of aromatic nitrogens is 1. The van der Waals surface area contributed by atoms with Gasteiger partial charge in [0.25, 0.3) is 0 Å². The van der Waals surface area contributed by atoms with E-state index >= 15 is 0 Å². The summed E-state index contributed by atoms with van der Waals surface area (Å²) in [5, 5.41) is 0. The molecule has 2 aromatic carbocycles. The maximum atomic E-state index is 5.51. The molecule has 2 heterocycles. The fourth-order valence-corrected chi connectivity index (χ4v) is 4.25. The van der Waals surface area contributed by atoms with Gasteiger partial charge in [0.15, 0.2) is 0 Å². The van der Waals surface area contributed by atoms with Crippen molar-refractivity contribution >= 4 is 0 Å². The van der Waals surface area contributed by atoms with Gasteiger partial charge >= 0.3 is 0 Å². The molecule has 3 aromatic rings. The first-order chi connectivity index (χ1) is 13.7. The van der Waals surface area contributed by atoms with Gasteiger partial charge in [0.2, 0.25) is 0 Å². The quantitative estimate of drug-likeness (QED) is 0.577. The number of benzene rings is 2. The lowest BCUT2D eigenvalue weighted by atomic mass is 9.99. The Bertz CT molecular complexity index is 910.